The second-order valence-electron chi connectivity index (χ2n) is 10.8. The van der Waals surface area contributed by atoms with E-state index in [4.69, 9.17) is 38.4 Å². The van der Waals surface area contributed by atoms with E-state index in [1.165, 1.54) is 30.5 Å². The maximum atomic E-state index is 12.9. The van der Waals surface area contributed by atoms with Crippen LogP contribution in [0.25, 0.3) is 0 Å². The smallest absolute Gasteiger partial charge is 0.323 e. The number of nitrogens with one attached hydrogen (secondary N) is 4. The average Bonchev–Trinajstić information content (AvgIpc) is 3.13. The second-order valence-corrected chi connectivity index (χ2v) is 11.6. The number of carbonyl (C=O) groups is 3. The van der Waals surface area contributed by atoms with Gasteiger partial charge in [0, 0.05) is 66.2 Å². The lowest BCUT2D eigenvalue weighted by atomic mass is 10.3. The van der Waals surface area contributed by atoms with E-state index < -0.39 is 6.03 Å². The molecule has 2 aromatic heterocycles. The number of pyridine rings is 2. The first-order chi connectivity index (χ1) is 25.2. The van der Waals surface area contributed by atoms with E-state index in [0.717, 1.165) is 0 Å². The maximum absolute atomic E-state index is 12.9. The molecule has 12 nitrogen and oxygen atoms in total. The van der Waals surface area contributed by atoms with E-state index in [1.54, 1.807) is 79.0 Å². The number of nitrogens with two attached hydrogens (primary N) is 1. The number of nitrogens with zero attached hydrogens (tertiary/aromatic N) is 2. The number of halogens is 3. The van der Waals surface area contributed by atoms with E-state index in [2.05, 4.69) is 31.2 Å². The van der Waals surface area contributed by atoms with Gasteiger partial charge >= 0.3 is 6.03 Å². The Morgan fingerprint density at radius 1 is 0.596 bits per heavy atom. The molecular formula is C37H36Cl2FN7O5. The minimum atomic E-state index is -0.455. The highest BCUT2D eigenvalue weighted by molar-refractivity contribution is 6.18. The molecule has 0 aliphatic rings. The Kier molecular flexibility index (Phi) is 15.5. The number of carbonyl (C=O) groups excluding carboxylic acids is 3. The molecule has 0 atom stereocenters. The number of urea groups is 1. The molecule has 5 aromatic rings. The average molecular weight is 749 g/mol. The molecule has 4 amide bonds. The van der Waals surface area contributed by atoms with Crippen molar-refractivity contribution in [3.05, 3.63) is 115 Å². The Morgan fingerprint density at radius 3 is 1.46 bits per heavy atom. The number of anilines is 5. The van der Waals surface area contributed by atoms with Crippen LogP contribution in [0.15, 0.2) is 109 Å². The van der Waals surface area contributed by atoms with Gasteiger partial charge in [-0.25, -0.2) is 19.2 Å². The third-order valence-electron chi connectivity index (χ3n) is 6.64. The summed E-state index contributed by atoms with van der Waals surface area (Å²) in [6.07, 6.45) is 5.01. The molecule has 0 radical (unpaired) electrons. The molecule has 0 aliphatic heterocycles. The van der Waals surface area contributed by atoms with Crippen LogP contribution < -0.4 is 36.5 Å². The van der Waals surface area contributed by atoms with Gasteiger partial charge in [0.1, 0.15) is 40.5 Å². The highest BCUT2D eigenvalue weighted by Crippen LogP contribution is 2.25. The van der Waals surface area contributed by atoms with Crippen LogP contribution in [0.1, 0.15) is 25.7 Å². The topological polar surface area (TPSA) is 170 Å². The maximum Gasteiger partial charge on any atom is 0.323 e. The van der Waals surface area contributed by atoms with E-state index in [1.807, 2.05) is 0 Å². The molecule has 0 saturated carbocycles. The van der Waals surface area contributed by atoms with Crippen molar-refractivity contribution < 1.29 is 28.2 Å². The standard InChI is InChI=1S/C22H20ClFN4O3.C15H16ClN3O2/c23-12-1-2-21(29)28-20-14-19(11-13-25-20)31-18-9-7-17(8-10-18)27-22(30)26-16-5-3-15(24)4-6-16;16-8-1-2-15(20)19-14-10-13(7-9-18-14)21-12-5-3-11(17)4-6-12/h3-11,13-14H,1-2,12H2,(H,25,28,29)(H2,26,27,30);3-7,9-10H,1-2,8,17H2,(H,18,19,20). The second kappa shape index (κ2) is 20.7. The number of ether oxygens (including phenoxy) is 2. The van der Waals surface area contributed by atoms with Crippen molar-refractivity contribution in [3.63, 3.8) is 0 Å². The Balaban J connectivity index is 0.000000251. The fourth-order valence-corrected chi connectivity index (χ4v) is 4.46. The first-order valence-corrected chi connectivity index (χ1v) is 17.0. The Labute approximate surface area is 309 Å². The number of hydrogen-bond acceptors (Lipinski definition) is 8. The number of rotatable bonds is 14. The summed E-state index contributed by atoms with van der Waals surface area (Å²) in [5.41, 5.74) is 7.31. The Morgan fingerprint density at radius 2 is 1.02 bits per heavy atom. The zero-order valence-electron chi connectivity index (χ0n) is 27.8. The summed E-state index contributed by atoms with van der Waals surface area (Å²) in [7, 11) is 0. The quantitative estimate of drug-likeness (QED) is 0.0554. The SMILES string of the molecule is Nc1ccc(Oc2ccnc(NC(=O)CCCCl)c2)cc1.O=C(CCCCl)Nc1cc(Oc2ccc(NC(=O)Nc3ccc(F)cc3)cc2)ccn1. The molecule has 2 heterocycles. The molecular weight excluding hydrogens is 712 g/mol. The molecule has 3 aromatic carbocycles. The number of aromatic nitrogens is 2. The predicted octanol–water partition coefficient (Wildman–Crippen LogP) is 9.03. The third kappa shape index (κ3) is 14.1. The first-order valence-electron chi connectivity index (χ1n) is 16.0. The molecule has 0 spiro atoms. The molecule has 0 saturated heterocycles. The fraction of sp³-hybridized carbons (Fsp3) is 0.162. The van der Waals surface area contributed by atoms with Crippen molar-refractivity contribution in [3.8, 4) is 23.0 Å². The largest absolute Gasteiger partial charge is 0.457 e. The van der Waals surface area contributed by atoms with Crippen LogP contribution in [-0.2, 0) is 9.59 Å². The lowest BCUT2D eigenvalue weighted by molar-refractivity contribution is -0.117. The minimum Gasteiger partial charge on any atom is -0.457 e. The van der Waals surface area contributed by atoms with Crippen LogP contribution in [0.4, 0.5) is 37.9 Å². The van der Waals surface area contributed by atoms with Crippen molar-refractivity contribution in [2.75, 3.05) is 38.8 Å². The molecule has 0 unspecified atom stereocenters. The molecule has 6 N–H and O–H groups in total. The number of benzene rings is 3. The summed E-state index contributed by atoms with van der Waals surface area (Å²) >= 11 is 11.1. The first kappa shape index (κ1) is 38.9. The van der Waals surface area contributed by atoms with Crippen LogP contribution in [-0.4, -0.2) is 39.6 Å². The number of alkyl halides is 2. The van der Waals surface area contributed by atoms with Crippen LogP contribution >= 0.6 is 23.2 Å². The van der Waals surface area contributed by atoms with E-state index >= 15 is 0 Å². The molecule has 0 fully saturated rings. The summed E-state index contributed by atoms with van der Waals surface area (Å²) in [6.45, 7) is 0. The highest BCUT2D eigenvalue weighted by atomic mass is 35.5. The molecule has 52 heavy (non-hydrogen) atoms. The van der Waals surface area contributed by atoms with Crippen LogP contribution in [0.3, 0.4) is 0 Å². The van der Waals surface area contributed by atoms with Gasteiger partial charge in [0.25, 0.3) is 0 Å². The van der Waals surface area contributed by atoms with Crippen molar-refractivity contribution in [1.29, 1.82) is 0 Å². The van der Waals surface area contributed by atoms with E-state index in [-0.39, 0.29) is 17.6 Å². The summed E-state index contributed by atoms with van der Waals surface area (Å²) < 4.78 is 24.4. The van der Waals surface area contributed by atoms with Gasteiger partial charge in [-0.15, -0.1) is 23.2 Å². The van der Waals surface area contributed by atoms with Crippen molar-refractivity contribution in [2.24, 2.45) is 0 Å². The van der Waals surface area contributed by atoms with Crippen LogP contribution in [0.5, 0.6) is 23.0 Å². The highest BCUT2D eigenvalue weighted by Gasteiger charge is 2.08. The van der Waals surface area contributed by atoms with Crippen molar-refractivity contribution >= 4 is 69.7 Å². The predicted molar refractivity (Wildman–Crippen MR) is 202 cm³/mol. The van der Waals surface area contributed by atoms with Crippen LogP contribution in [0, 0.1) is 5.82 Å². The zero-order valence-corrected chi connectivity index (χ0v) is 29.3. The van der Waals surface area contributed by atoms with Gasteiger partial charge < -0.3 is 36.5 Å². The zero-order chi connectivity index (χ0) is 37.1. The summed E-state index contributed by atoms with van der Waals surface area (Å²) in [6, 6.07) is 25.4. The van der Waals surface area contributed by atoms with Gasteiger partial charge in [-0.2, -0.15) is 0 Å². The Bertz CT molecular complexity index is 1900. The fourth-order valence-electron chi connectivity index (χ4n) is 4.19. The normalized spacial score (nSPS) is 10.2. The molecule has 5 rings (SSSR count). The van der Waals surface area contributed by atoms with Crippen LogP contribution in [0.2, 0.25) is 0 Å². The molecule has 0 bridgehead atoms. The summed E-state index contributed by atoms with van der Waals surface area (Å²) in [4.78, 5) is 43.6. The van der Waals surface area contributed by atoms with E-state index in [0.29, 0.717) is 89.1 Å². The van der Waals surface area contributed by atoms with Crippen molar-refractivity contribution in [1.82, 2.24) is 9.97 Å². The van der Waals surface area contributed by atoms with Gasteiger partial charge in [-0.3, -0.25) is 9.59 Å². The monoisotopic (exact) mass is 747 g/mol. The molecule has 0 aliphatic carbocycles. The lowest BCUT2D eigenvalue weighted by Crippen LogP contribution is -2.19. The number of amides is 4. The van der Waals surface area contributed by atoms with Crippen molar-refractivity contribution in [2.45, 2.75) is 25.7 Å². The third-order valence-corrected chi connectivity index (χ3v) is 7.17. The van der Waals surface area contributed by atoms with Gasteiger partial charge in [0.2, 0.25) is 11.8 Å². The summed E-state index contributed by atoms with van der Waals surface area (Å²) in [5, 5.41) is 10.7. The van der Waals surface area contributed by atoms with Gasteiger partial charge in [0.15, 0.2) is 0 Å². The van der Waals surface area contributed by atoms with Gasteiger partial charge in [-0.05, 0) is 97.8 Å². The minimum absolute atomic E-state index is 0.118. The van der Waals surface area contributed by atoms with Gasteiger partial charge in [-0.1, -0.05) is 0 Å². The lowest BCUT2D eigenvalue weighted by Gasteiger charge is -2.10. The number of nitrogen functional groups attached to an aromatic ring is 1. The van der Waals surface area contributed by atoms with Gasteiger partial charge in [0.05, 0.1) is 0 Å². The Hall–Kier alpha value is -5.92. The number of hydrogen-bond donors (Lipinski definition) is 5. The molecule has 15 heteroatoms. The summed E-state index contributed by atoms with van der Waals surface area (Å²) in [5.74, 6) is 3.33. The van der Waals surface area contributed by atoms with E-state index in [9.17, 15) is 18.8 Å². The molecule has 270 valence electrons.